The number of carbonyl (C=O) groups is 1. The third-order valence-electron chi connectivity index (χ3n) is 8.13. The van der Waals surface area contributed by atoms with Gasteiger partial charge in [0.05, 0.1) is 7.11 Å². The smallest absolute Gasteiger partial charge is 0.415 e. The molecule has 0 unspecified atom stereocenters. The van der Waals surface area contributed by atoms with Crippen LogP contribution in [0.4, 0.5) is 4.79 Å². The van der Waals surface area contributed by atoms with Gasteiger partial charge in [-0.05, 0) is 74.5 Å². The first kappa shape index (κ1) is 17.7. The van der Waals surface area contributed by atoms with E-state index in [-0.39, 0.29) is 17.6 Å². The highest BCUT2D eigenvalue weighted by Gasteiger charge is 2.63. The molecule has 0 N–H and O–H groups in total. The number of rotatable bonds is 2. The van der Waals surface area contributed by atoms with E-state index in [1.54, 1.807) is 7.11 Å². The van der Waals surface area contributed by atoms with Crippen LogP contribution in [0.15, 0.2) is 24.0 Å². The average molecular weight is 395 g/mol. The Kier molecular flexibility index (Phi) is 3.91. The largest absolute Gasteiger partial charge is 0.493 e. The summed E-state index contributed by atoms with van der Waals surface area (Å²) in [5.41, 5.74) is 2.70. The molecule has 6 rings (SSSR count). The van der Waals surface area contributed by atoms with Crippen molar-refractivity contribution in [1.29, 1.82) is 0 Å². The first-order valence-electron chi connectivity index (χ1n) is 11.3. The molecule has 2 heterocycles. The van der Waals surface area contributed by atoms with E-state index >= 15 is 0 Å². The Labute approximate surface area is 172 Å². The fraction of sp³-hybridized carbons (Fsp3) is 0.625. The second kappa shape index (κ2) is 6.41. The normalized spacial score (nSPS) is 34.0. The van der Waals surface area contributed by atoms with Crippen molar-refractivity contribution in [2.24, 2.45) is 11.8 Å². The van der Waals surface area contributed by atoms with Gasteiger partial charge < -0.3 is 19.1 Å². The molecule has 1 saturated heterocycles. The topological polar surface area (TPSA) is 48.0 Å². The van der Waals surface area contributed by atoms with Gasteiger partial charge in [0.15, 0.2) is 17.6 Å². The highest BCUT2D eigenvalue weighted by molar-refractivity contribution is 5.70. The van der Waals surface area contributed by atoms with Gasteiger partial charge in [-0.15, -0.1) is 0 Å². The number of likely N-dealkylation sites (tertiary alicyclic amines) is 1. The van der Waals surface area contributed by atoms with Crippen LogP contribution in [0, 0.1) is 11.8 Å². The first-order chi connectivity index (χ1) is 14.2. The summed E-state index contributed by atoms with van der Waals surface area (Å²) in [4.78, 5) is 14.7. The lowest BCUT2D eigenvalue weighted by atomic mass is 9.49. The lowest BCUT2D eigenvalue weighted by Gasteiger charge is -2.53. The van der Waals surface area contributed by atoms with Crippen LogP contribution in [-0.2, 0) is 16.6 Å². The second-order valence-electron chi connectivity index (χ2n) is 9.39. The maximum absolute atomic E-state index is 12.9. The number of allylic oxidation sites excluding steroid dienone is 1. The van der Waals surface area contributed by atoms with Crippen molar-refractivity contribution < 1.29 is 19.0 Å². The molecule has 4 atom stereocenters. The molecule has 5 heteroatoms. The molecule has 2 aliphatic heterocycles. The lowest BCUT2D eigenvalue weighted by Crippen LogP contribution is -2.55. The number of amides is 1. The maximum Gasteiger partial charge on any atom is 0.415 e. The third kappa shape index (κ3) is 2.36. The number of benzene rings is 1. The van der Waals surface area contributed by atoms with E-state index in [9.17, 15) is 4.79 Å². The Morgan fingerprint density at radius 2 is 2.07 bits per heavy atom. The minimum Gasteiger partial charge on any atom is -0.493 e. The van der Waals surface area contributed by atoms with Crippen molar-refractivity contribution in [3.8, 4) is 11.5 Å². The molecule has 3 aliphatic carbocycles. The van der Waals surface area contributed by atoms with E-state index in [0.717, 1.165) is 62.5 Å². The van der Waals surface area contributed by atoms with Gasteiger partial charge in [0, 0.05) is 24.1 Å². The van der Waals surface area contributed by atoms with Gasteiger partial charge in [-0.3, -0.25) is 0 Å². The van der Waals surface area contributed by atoms with Crippen molar-refractivity contribution >= 4 is 6.09 Å². The van der Waals surface area contributed by atoms with Crippen LogP contribution in [0.3, 0.4) is 0 Å². The van der Waals surface area contributed by atoms with Crippen LogP contribution in [0.1, 0.15) is 56.1 Å². The van der Waals surface area contributed by atoms with Crippen molar-refractivity contribution in [3.05, 3.63) is 35.1 Å². The molecule has 154 valence electrons. The standard InChI is InChI=1S/C24H29NO4/c1-27-18-9-7-16-14-15-6-5-11-24-17(15)8-10-19(22(24)29-21(18)20(16)24)28-23(26)25-12-3-2-4-13-25/h7,9-10,15,17,22H,2-6,8,11-14H2,1H3/t15-,17+,22+,24+/m1/s1. The molecule has 5 aliphatic rings. The molecule has 1 aromatic rings. The molecule has 1 saturated carbocycles. The predicted molar refractivity (Wildman–Crippen MR) is 108 cm³/mol. The van der Waals surface area contributed by atoms with E-state index < -0.39 is 0 Å². The third-order valence-corrected chi connectivity index (χ3v) is 8.13. The Morgan fingerprint density at radius 1 is 1.21 bits per heavy atom. The molecule has 0 aromatic heterocycles. The minimum absolute atomic E-state index is 0.0629. The summed E-state index contributed by atoms with van der Waals surface area (Å²) in [6.07, 6.45) is 10.8. The van der Waals surface area contributed by atoms with Gasteiger partial charge in [-0.25, -0.2) is 4.79 Å². The van der Waals surface area contributed by atoms with E-state index in [1.165, 1.54) is 30.4 Å². The number of piperidine rings is 1. The number of methoxy groups -OCH3 is 1. The van der Waals surface area contributed by atoms with Gasteiger partial charge >= 0.3 is 6.09 Å². The fourth-order valence-corrected chi connectivity index (χ4v) is 6.95. The summed E-state index contributed by atoms with van der Waals surface area (Å²) in [5.74, 6) is 3.68. The molecule has 5 nitrogen and oxygen atoms in total. The Morgan fingerprint density at radius 3 is 2.90 bits per heavy atom. The predicted octanol–water partition coefficient (Wildman–Crippen LogP) is 4.58. The molecule has 29 heavy (non-hydrogen) atoms. The molecule has 2 bridgehead atoms. The Balaban J connectivity index is 1.40. The Bertz CT molecular complexity index is 887. The van der Waals surface area contributed by atoms with Gasteiger partial charge in [0.25, 0.3) is 0 Å². The maximum atomic E-state index is 12.9. The number of ether oxygens (including phenoxy) is 3. The van der Waals surface area contributed by atoms with E-state index in [0.29, 0.717) is 11.8 Å². The van der Waals surface area contributed by atoms with Crippen molar-refractivity contribution in [2.75, 3.05) is 20.2 Å². The highest BCUT2D eigenvalue weighted by atomic mass is 16.6. The summed E-state index contributed by atoms with van der Waals surface area (Å²) < 4.78 is 18.3. The SMILES string of the molecule is COc1ccc2c3c1O[C@H]1C(OC(=O)N4CCCCC4)=CC[C@H]4[C@H](CCC[C@]314)C2. The quantitative estimate of drug-likeness (QED) is 0.736. The molecule has 1 aromatic carbocycles. The first-order valence-corrected chi connectivity index (χ1v) is 11.3. The zero-order valence-corrected chi connectivity index (χ0v) is 17.1. The summed E-state index contributed by atoms with van der Waals surface area (Å²) in [5, 5.41) is 0. The number of nitrogens with zero attached hydrogens (tertiary/aromatic N) is 1. The van der Waals surface area contributed by atoms with E-state index in [2.05, 4.69) is 12.1 Å². The van der Waals surface area contributed by atoms with Gasteiger partial charge in [0.1, 0.15) is 5.76 Å². The van der Waals surface area contributed by atoms with Crippen LogP contribution in [0.5, 0.6) is 11.5 Å². The second-order valence-corrected chi connectivity index (χ2v) is 9.39. The summed E-state index contributed by atoms with van der Waals surface area (Å²) in [7, 11) is 1.71. The minimum atomic E-state index is -0.208. The van der Waals surface area contributed by atoms with Crippen molar-refractivity contribution in [2.45, 2.75) is 62.9 Å². The number of hydrogen-bond donors (Lipinski definition) is 0. The van der Waals surface area contributed by atoms with Crippen molar-refractivity contribution in [3.63, 3.8) is 0 Å². The molecule has 0 radical (unpaired) electrons. The fourth-order valence-electron chi connectivity index (χ4n) is 6.95. The molecular weight excluding hydrogens is 366 g/mol. The molecular formula is C24H29NO4. The van der Waals surface area contributed by atoms with E-state index in [1.807, 2.05) is 11.0 Å². The van der Waals surface area contributed by atoms with Crippen LogP contribution >= 0.6 is 0 Å². The van der Waals surface area contributed by atoms with Crippen LogP contribution in [0.25, 0.3) is 0 Å². The lowest BCUT2D eigenvalue weighted by molar-refractivity contribution is 0.00126. The number of hydrogen-bond acceptors (Lipinski definition) is 4. The summed E-state index contributed by atoms with van der Waals surface area (Å²) >= 11 is 0. The molecule has 1 spiro atoms. The van der Waals surface area contributed by atoms with Crippen molar-refractivity contribution in [1.82, 2.24) is 4.90 Å². The summed E-state index contributed by atoms with van der Waals surface area (Å²) in [6, 6.07) is 4.28. The van der Waals surface area contributed by atoms with Crippen LogP contribution < -0.4 is 9.47 Å². The average Bonchev–Trinajstić information content (AvgIpc) is 3.09. The monoisotopic (exact) mass is 395 g/mol. The van der Waals surface area contributed by atoms with Gasteiger partial charge in [-0.2, -0.15) is 0 Å². The summed E-state index contributed by atoms with van der Waals surface area (Å²) in [6.45, 7) is 1.59. The Hall–Kier alpha value is -2.17. The zero-order valence-electron chi connectivity index (χ0n) is 17.1. The van der Waals surface area contributed by atoms with Gasteiger partial charge in [-0.1, -0.05) is 12.5 Å². The molecule has 1 amide bonds. The number of carbonyl (C=O) groups excluding carboxylic acids is 1. The highest BCUT2D eigenvalue weighted by Crippen LogP contribution is 2.65. The van der Waals surface area contributed by atoms with Gasteiger partial charge in [0.2, 0.25) is 0 Å². The molecule has 2 fully saturated rings. The van der Waals surface area contributed by atoms with E-state index in [4.69, 9.17) is 14.2 Å². The zero-order chi connectivity index (χ0) is 19.6. The van der Waals surface area contributed by atoms with Crippen LogP contribution in [0.2, 0.25) is 0 Å². The van der Waals surface area contributed by atoms with Crippen LogP contribution in [-0.4, -0.2) is 37.3 Å².